The predicted molar refractivity (Wildman–Crippen MR) is 109 cm³/mol. The Balaban J connectivity index is 1.89. The summed E-state index contributed by atoms with van der Waals surface area (Å²) in [6.45, 7) is 2.92. The van der Waals surface area contributed by atoms with E-state index in [0.29, 0.717) is 43.8 Å². The van der Waals surface area contributed by atoms with Gasteiger partial charge in [-0.3, -0.25) is 4.79 Å². The van der Waals surface area contributed by atoms with Crippen LogP contribution in [0.4, 0.5) is 4.39 Å². The third kappa shape index (κ3) is 5.14. The van der Waals surface area contributed by atoms with E-state index in [1.807, 2.05) is 24.3 Å². The van der Waals surface area contributed by atoms with Crippen molar-refractivity contribution >= 4 is 5.91 Å². The summed E-state index contributed by atoms with van der Waals surface area (Å²) >= 11 is 0. The molecule has 1 atom stereocenters. The Morgan fingerprint density at radius 3 is 2.72 bits per heavy atom. The molecule has 1 fully saturated rings. The van der Waals surface area contributed by atoms with E-state index in [-0.39, 0.29) is 18.3 Å². The molecule has 0 spiro atoms. The van der Waals surface area contributed by atoms with Gasteiger partial charge in [0.2, 0.25) is 5.91 Å². The van der Waals surface area contributed by atoms with Crippen LogP contribution in [0, 0.1) is 11.2 Å². The minimum absolute atomic E-state index is 0.0598. The van der Waals surface area contributed by atoms with Crippen molar-refractivity contribution in [2.24, 2.45) is 5.41 Å². The number of amides is 1. The summed E-state index contributed by atoms with van der Waals surface area (Å²) in [5.41, 5.74) is 1.92. The Labute approximate surface area is 170 Å². The van der Waals surface area contributed by atoms with Crippen LogP contribution in [0.25, 0.3) is 11.1 Å². The largest absolute Gasteiger partial charge is 0.496 e. The summed E-state index contributed by atoms with van der Waals surface area (Å²) in [6, 6.07) is 12.2. The fourth-order valence-corrected chi connectivity index (χ4v) is 3.82. The molecule has 1 aliphatic heterocycles. The second-order valence-electron chi connectivity index (χ2n) is 7.67. The smallest absolute Gasteiger partial charge is 0.226 e. The predicted octanol–water partition coefficient (Wildman–Crippen LogP) is 3.34. The van der Waals surface area contributed by atoms with Gasteiger partial charge >= 0.3 is 0 Å². The Morgan fingerprint density at radius 2 is 2.03 bits per heavy atom. The third-order valence-electron chi connectivity index (χ3n) is 5.43. The molecule has 2 aromatic rings. The molecule has 0 bridgehead atoms. The lowest BCUT2D eigenvalue weighted by atomic mass is 9.74. The maximum Gasteiger partial charge on any atom is 0.226 e. The first-order chi connectivity index (χ1) is 13.9. The standard InChI is InChI=1S/C23H28FNO4/c1-16(26)15-25-22(27)23(8-10-29-11-9-23)14-17-4-3-5-18(12-17)20-13-19(24)6-7-21(20)28-2/h3-7,12-13,16,26H,8-11,14-15H2,1-2H3,(H,25,27). The summed E-state index contributed by atoms with van der Waals surface area (Å²) < 4.78 is 24.7. The zero-order valence-electron chi connectivity index (χ0n) is 16.9. The number of hydrogen-bond donors (Lipinski definition) is 2. The number of aliphatic hydroxyl groups is 1. The van der Waals surface area contributed by atoms with Crippen LogP contribution in [0.15, 0.2) is 42.5 Å². The molecule has 29 heavy (non-hydrogen) atoms. The molecule has 1 unspecified atom stereocenters. The number of halogens is 1. The number of ether oxygens (including phenoxy) is 2. The molecule has 1 heterocycles. The average Bonchev–Trinajstić information content (AvgIpc) is 2.72. The second-order valence-corrected chi connectivity index (χ2v) is 7.67. The van der Waals surface area contributed by atoms with Gasteiger partial charge < -0.3 is 19.9 Å². The fraction of sp³-hybridized carbons (Fsp3) is 0.435. The maximum absolute atomic E-state index is 13.8. The summed E-state index contributed by atoms with van der Waals surface area (Å²) in [5, 5.41) is 12.4. The van der Waals surface area contributed by atoms with E-state index in [1.54, 1.807) is 20.1 Å². The molecule has 2 N–H and O–H groups in total. The summed E-state index contributed by atoms with van der Waals surface area (Å²) in [5.74, 6) is 0.207. The number of nitrogens with one attached hydrogen (secondary N) is 1. The van der Waals surface area contributed by atoms with Crippen LogP contribution in [0.2, 0.25) is 0 Å². The lowest BCUT2D eigenvalue weighted by Gasteiger charge is -2.36. The molecule has 1 amide bonds. The van der Waals surface area contributed by atoms with Crippen molar-refractivity contribution in [3.05, 3.63) is 53.8 Å². The monoisotopic (exact) mass is 401 g/mol. The lowest BCUT2D eigenvalue weighted by molar-refractivity contribution is -0.137. The zero-order valence-corrected chi connectivity index (χ0v) is 16.9. The third-order valence-corrected chi connectivity index (χ3v) is 5.43. The Hall–Kier alpha value is -2.44. The fourth-order valence-electron chi connectivity index (χ4n) is 3.82. The van der Waals surface area contributed by atoms with E-state index in [2.05, 4.69) is 5.32 Å². The van der Waals surface area contributed by atoms with Crippen LogP contribution in [-0.4, -0.2) is 44.0 Å². The van der Waals surface area contributed by atoms with Gasteiger partial charge in [0, 0.05) is 25.3 Å². The van der Waals surface area contributed by atoms with E-state index in [1.165, 1.54) is 12.1 Å². The molecule has 0 radical (unpaired) electrons. The highest BCUT2D eigenvalue weighted by atomic mass is 19.1. The number of methoxy groups -OCH3 is 1. The molecule has 2 aromatic carbocycles. The van der Waals surface area contributed by atoms with Gasteiger partial charge in [-0.1, -0.05) is 24.3 Å². The molecular weight excluding hydrogens is 373 g/mol. The van der Waals surface area contributed by atoms with Crippen molar-refractivity contribution in [1.29, 1.82) is 0 Å². The number of hydrogen-bond acceptors (Lipinski definition) is 4. The molecular formula is C23H28FNO4. The Bertz CT molecular complexity index is 847. The molecule has 156 valence electrons. The van der Waals surface area contributed by atoms with Crippen LogP contribution in [-0.2, 0) is 16.0 Å². The van der Waals surface area contributed by atoms with Crippen molar-refractivity contribution < 1.29 is 23.8 Å². The Kier molecular flexibility index (Phi) is 6.87. The van der Waals surface area contributed by atoms with E-state index < -0.39 is 11.5 Å². The number of carbonyl (C=O) groups excluding carboxylic acids is 1. The van der Waals surface area contributed by atoms with Gasteiger partial charge in [-0.2, -0.15) is 0 Å². The second kappa shape index (κ2) is 9.37. The van der Waals surface area contributed by atoms with Gasteiger partial charge in [-0.25, -0.2) is 4.39 Å². The van der Waals surface area contributed by atoms with Gasteiger partial charge in [0.15, 0.2) is 0 Å². The molecule has 1 aliphatic rings. The minimum Gasteiger partial charge on any atom is -0.496 e. The molecule has 1 saturated heterocycles. The molecule has 0 saturated carbocycles. The van der Waals surface area contributed by atoms with E-state index >= 15 is 0 Å². The van der Waals surface area contributed by atoms with E-state index in [9.17, 15) is 14.3 Å². The highest BCUT2D eigenvalue weighted by molar-refractivity contribution is 5.83. The summed E-state index contributed by atoms with van der Waals surface area (Å²) in [4.78, 5) is 13.0. The molecule has 3 rings (SSSR count). The number of rotatable bonds is 7. The lowest BCUT2D eigenvalue weighted by Crippen LogP contribution is -2.47. The van der Waals surface area contributed by atoms with Gasteiger partial charge in [0.1, 0.15) is 11.6 Å². The quantitative estimate of drug-likeness (QED) is 0.747. The van der Waals surface area contributed by atoms with E-state index in [0.717, 1.165) is 11.1 Å². The molecule has 6 heteroatoms. The first-order valence-electron chi connectivity index (χ1n) is 9.90. The SMILES string of the molecule is COc1ccc(F)cc1-c1cccc(CC2(C(=O)NCC(C)O)CCOCC2)c1. The van der Waals surface area contributed by atoms with Crippen molar-refractivity contribution in [3.63, 3.8) is 0 Å². The Morgan fingerprint density at radius 1 is 1.28 bits per heavy atom. The van der Waals surface area contributed by atoms with Crippen molar-refractivity contribution in [2.45, 2.75) is 32.3 Å². The van der Waals surface area contributed by atoms with Crippen LogP contribution >= 0.6 is 0 Å². The minimum atomic E-state index is -0.598. The molecule has 0 aliphatic carbocycles. The normalized spacial score (nSPS) is 16.8. The van der Waals surface area contributed by atoms with Gasteiger partial charge in [0.25, 0.3) is 0 Å². The van der Waals surface area contributed by atoms with Gasteiger partial charge in [0.05, 0.1) is 18.6 Å². The molecule has 0 aromatic heterocycles. The first kappa shape index (κ1) is 21.3. The van der Waals surface area contributed by atoms with E-state index in [4.69, 9.17) is 9.47 Å². The number of benzene rings is 2. The van der Waals surface area contributed by atoms with Crippen molar-refractivity contribution in [2.75, 3.05) is 26.9 Å². The van der Waals surface area contributed by atoms with Crippen LogP contribution in [0.1, 0.15) is 25.3 Å². The van der Waals surface area contributed by atoms with Crippen LogP contribution < -0.4 is 10.1 Å². The van der Waals surface area contributed by atoms with Gasteiger partial charge in [-0.15, -0.1) is 0 Å². The van der Waals surface area contributed by atoms with Crippen LogP contribution in [0.5, 0.6) is 5.75 Å². The number of carbonyl (C=O) groups is 1. The first-order valence-corrected chi connectivity index (χ1v) is 9.90. The van der Waals surface area contributed by atoms with Crippen molar-refractivity contribution in [3.8, 4) is 16.9 Å². The molecule has 5 nitrogen and oxygen atoms in total. The highest BCUT2D eigenvalue weighted by Gasteiger charge is 2.40. The van der Waals surface area contributed by atoms with Crippen molar-refractivity contribution in [1.82, 2.24) is 5.32 Å². The zero-order chi connectivity index (χ0) is 20.9. The maximum atomic E-state index is 13.8. The summed E-state index contributed by atoms with van der Waals surface area (Å²) in [7, 11) is 1.56. The number of aliphatic hydroxyl groups excluding tert-OH is 1. The summed E-state index contributed by atoms with van der Waals surface area (Å²) in [6.07, 6.45) is 1.19. The highest BCUT2D eigenvalue weighted by Crippen LogP contribution is 2.37. The average molecular weight is 401 g/mol. The van der Waals surface area contributed by atoms with Crippen LogP contribution in [0.3, 0.4) is 0 Å². The topological polar surface area (TPSA) is 67.8 Å². The van der Waals surface area contributed by atoms with Gasteiger partial charge in [-0.05, 0) is 55.5 Å².